The van der Waals surface area contributed by atoms with Crippen LogP contribution in [0.1, 0.15) is 6.92 Å². The summed E-state index contributed by atoms with van der Waals surface area (Å²) in [5.41, 5.74) is 1.51. The molecule has 29 heavy (non-hydrogen) atoms. The number of carbonyl (C=O) groups excluding carboxylic acids is 1. The normalized spacial score (nSPS) is 14.3. The molecule has 1 fully saturated rings. The zero-order chi connectivity index (χ0) is 20.6. The number of ether oxygens (including phenoxy) is 1. The van der Waals surface area contributed by atoms with Crippen molar-refractivity contribution in [1.82, 2.24) is 9.80 Å². The van der Waals surface area contributed by atoms with E-state index in [2.05, 4.69) is 20.4 Å². The Hall–Kier alpha value is -2.71. The van der Waals surface area contributed by atoms with Crippen molar-refractivity contribution < 1.29 is 13.9 Å². The summed E-state index contributed by atoms with van der Waals surface area (Å²) >= 11 is 5.52. The Kier molecular flexibility index (Phi) is 7.37. The van der Waals surface area contributed by atoms with Gasteiger partial charge in [-0.2, -0.15) is 0 Å². The third-order valence-corrected chi connectivity index (χ3v) is 4.93. The van der Waals surface area contributed by atoms with E-state index in [1.807, 2.05) is 31.2 Å². The average molecular weight is 417 g/mol. The monoisotopic (exact) mass is 416 g/mol. The molecule has 0 spiro atoms. The molecular weight excluding hydrogens is 391 g/mol. The summed E-state index contributed by atoms with van der Waals surface area (Å²) in [6.45, 7) is 5.85. The highest BCUT2D eigenvalue weighted by Crippen LogP contribution is 2.16. The summed E-state index contributed by atoms with van der Waals surface area (Å²) in [7, 11) is 0. The van der Waals surface area contributed by atoms with E-state index in [0.29, 0.717) is 24.0 Å². The first-order valence-electron chi connectivity index (χ1n) is 9.60. The Balaban J connectivity index is 1.41. The SMILES string of the molecule is CCOc1ccc(NC(=S)N2CCN(CC(=O)Nc3ccc(F)cc3)CC2)cc1. The van der Waals surface area contributed by atoms with Crippen LogP contribution >= 0.6 is 12.2 Å². The molecule has 0 aromatic heterocycles. The van der Waals surface area contributed by atoms with E-state index in [9.17, 15) is 9.18 Å². The number of nitrogens with zero attached hydrogens (tertiary/aromatic N) is 2. The maximum atomic E-state index is 12.9. The third-order valence-electron chi connectivity index (χ3n) is 4.57. The van der Waals surface area contributed by atoms with Crippen molar-refractivity contribution in [1.29, 1.82) is 0 Å². The van der Waals surface area contributed by atoms with Crippen LogP contribution in [0.2, 0.25) is 0 Å². The lowest BCUT2D eigenvalue weighted by atomic mass is 10.3. The van der Waals surface area contributed by atoms with E-state index < -0.39 is 0 Å². The number of nitrogens with one attached hydrogen (secondary N) is 2. The Morgan fingerprint density at radius 1 is 1.00 bits per heavy atom. The van der Waals surface area contributed by atoms with Gasteiger partial charge in [-0.15, -0.1) is 0 Å². The summed E-state index contributed by atoms with van der Waals surface area (Å²) < 4.78 is 18.4. The molecule has 1 heterocycles. The summed E-state index contributed by atoms with van der Waals surface area (Å²) in [6, 6.07) is 13.4. The van der Waals surface area contributed by atoms with Crippen molar-refractivity contribution in [3.05, 3.63) is 54.3 Å². The fraction of sp³-hybridized carbons (Fsp3) is 0.333. The number of amides is 1. The molecule has 1 aliphatic rings. The minimum absolute atomic E-state index is 0.111. The van der Waals surface area contributed by atoms with Gasteiger partial charge in [0, 0.05) is 37.6 Å². The number of rotatable bonds is 6. The van der Waals surface area contributed by atoms with Crippen LogP contribution in [0.3, 0.4) is 0 Å². The van der Waals surface area contributed by atoms with Gasteiger partial charge in [-0.3, -0.25) is 9.69 Å². The van der Waals surface area contributed by atoms with Gasteiger partial charge in [0.2, 0.25) is 5.91 Å². The highest BCUT2D eigenvalue weighted by atomic mass is 32.1. The van der Waals surface area contributed by atoms with E-state index in [1.165, 1.54) is 12.1 Å². The van der Waals surface area contributed by atoms with Crippen molar-refractivity contribution in [3.63, 3.8) is 0 Å². The molecule has 0 bridgehead atoms. The Morgan fingerprint density at radius 3 is 2.21 bits per heavy atom. The van der Waals surface area contributed by atoms with Crippen LogP contribution in [0, 0.1) is 5.82 Å². The Bertz CT molecular complexity index is 822. The molecule has 1 aliphatic heterocycles. The van der Waals surface area contributed by atoms with Crippen LogP contribution in [-0.4, -0.2) is 60.2 Å². The van der Waals surface area contributed by atoms with E-state index in [4.69, 9.17) is 17.0 Å². The van der Waals surface area contributed by atoms with Gasteiger partial charge in [-0.1, -0.05) is 0 Å². The second-order valence-corrected chi connectivity index (χ2v) is 7.09. The van der Waals surface area contributed by atoms with Crippen LogP contribution in [-0.2, 0) is 4.79 Å². The molecule has 0 unspecified atom stereocenters. The van der Waals surface area contributed by atoms with Gasteiger partial charge in [0.25, 0.3) is 0 Å². The van der Waals surface area contributed by atoms with Gasteiger partial charge in [0.15, 0.2) is 5.11 Å². The van der Waals surface area contributed by atoms with E-state index in [0.717, 1.165) is 37.6 Å². The highest BCUT2D eigenvalue weighted by Gasteiger charge is 2.20. The summed E-state index contributed by atoms with van der Waals surface area (Å²) in [4.78, 5) is 16.4. The molecule has 2 aromatic rings. The van der Waals surface area contributed by atoms with Crippen LogP contribution in [0.15, 0.2) is 48.5 Å². The number of benzene rings is 2. The summed E-state index contributed by atoms with van der Waals surface area (Å²) in [5.74, 6) is 0.394. The second kappa shape index (κ2) is 10.2. The van der Waals surface area contributed by atoms with E-state index in [-0.39, 0.29) is 11.7 Å². The first-order valence-corrected chi connectivity index (χ1v) is 10.0. The molecule has 1 amide bonds. The topological polar surface area (TPSA) is 56.8 Å². The number of halogens is 1. The number of carbonyl (C=O) groups is 1. The number of hydrogen-bond donors (Lipinski definition) is 2. The van der Waals surface area contributed by atoms with Gasteiger partial charge in [0.05, 0.1) is 13.2 Å². The lowest BCUT2D eigenvalue weighted by Crippen LogP contribution is -2.51. The van der Waals surface area contributed by atoms with Gasteiger partial charge in [-0.05, 0) is 67.7 Å². The summed E-state index contributed by atoms with van der Waals surface area (Å²) in [5, 5.41) is 6.71. The fourth-order valence-electron chi connectivity index (χ4n) is 3.05. The molecule has 8 heteroatoms. The van der Waals surface area contributed by atoms with E-state index in [1.54, 1.807) is 12.1 Å². The molecule has 0 radical (unpaired) electrons. The third kappa shape index (κ3) is 6.40. The predicted octanol–water partition coefficient (Wildman–Crippen LogP) is 3.18. The molecule has 3 rings (SSSR count). The van der Waals surface area contributed by atoms with Gasteiger partial charge < -0.3 is 20.3 Å². The average Bonchev–Trinajstić information content (AvgIpc) is 2.72. The Morgan fingerprint density at radius 2 is 1.59 bits per heavy atom. The molecule has 0 atom stereocenters. The van der Waals surface area contributed by atoms with Gasteiger partial charge in [0.1, 0.15) is 11.6 Å². The van der Waals surface area contributed by atoms with E-state index >= 15 is 0 Å². The van der Waals surface area contributed by atoms with Crippen LogP contribution < -0.4 is 15.4 Å². The minimum atomic E-state index is -0.325. The van der Waals surface area contributed by atoms with Crippen molar-refractivity contribution >= 4 is 34.6 Å². The zero-order valence-electron chi connectivity index (χ0n) is 16.4. The lowest BCUT2D eigenvalue weighted by molar-refractivity contribution is -0.117. The standard InChI is InChI=1S/C21H25FN4O2S/c1-2-28-19-9-7-18(8-10-19)24-21(29)26-13-11-25(12-14-26)15-20(27)23-17-5-3-16(22)4-6-17/h3-10H,2,11-15H2,1H3,(H,23,27)(H,24,29). The number of hydrogen-bond acceptors (Lipinski definition) is 4. The maximum absolute atomic E-state index is 12.9. The second-order valence-electron chi connectivity index (χ2n) is 6.71. The van der Waals surface area contributed by atoms with Crippen molar-refractivity contribution in [2.75, 3.05) is 50.0 Å². The number of thiocarbonyl (C=S) groups is 1. The highest BCUT2D eigenvalue weighted by molar-refractivity contribution is 7.80. The largest absolute Gasteiger partial charge is 0.494 e. The molecule has 2 aromatic carbocycles. The zero-order valence-corrected chi connectivity index (χ0v) is 17.2. The first-order chi connectivity index (χ1) is 14.0. The molecular formula is C21H25FN4O2S. The summed E-state index contributed by atoms with van der Waals surface area (Å²) in [6.07, 6.45) is 0. The fourth-order valence-corrected chi connectivity index (χ4v) is 3.35. The number of piperazine rings is 1. The number of anilines is 2. The van der Waals surface area contributed by atoms with Crippen LogP contribution in [0.5, 0.6) is 5.75 Å². The van der Waals surface area contributed by atoms with Gasteiger partial charge in [-0.25, -0.2) is 4.39 Å². The molecule has 1 saturated heterocycles. The lowest BCUT2D eigenvalue weighted by Gasteiger charge is -2.35. The molecule has 154 valence electrons. The minimum Gasteiger partial charge on any atom is -0.494 e. The molecule has 6 nitrogen and oxygen atoms in total. The maximum Gasteiger partial charge on any atom is 0.238 e. The van der Waals surface area contributed by atoms with Crippen LogP contribution in [0.25, 0.3) is 0 Å². The molecule has 0 saturated carbocycles. The van der Waals surface area contributed by atoms with Crippen molar-refractivity contribution in [2.45, 2.75) is 6.92 Å². The molecule has 0 aliphatic carbocycles. The van der Waals surface area contributed by atoms with Gasteiger partial charge >= 0.3 is 0 Å². The predicted molar refractivity (Wildman–Crippen MR) is 117 cm³/mol. The van der Waals surface area contributed by atoms with Crippen molar-refractivity contribution in [2.24, 2.45) is 0 Å². The quantitative estimate of drug-likeness (QED) is 0.706. The van der Waals surface area contributed by atoms with Crippen molar-refractivity contribution in [3.8, 4) is 5.75 Å². The first kappa shape index (κ1) is 21.0. The van der Waals surface area contributed by atoms with Crippen LogP contribution in [0.4, 0.5) is 15.8 Å². The molecule has 2 N–H and O–H groups in total. The smallest absolute Gasteiger partial charge is 0.238 e. The Labute approximate surface area is 175 Å².